The molecule has 0 aliphatic rings. The van der Waals surface area contributed by atoms with E-state index < -0.39 is 0 Å². The second kappa shape index (κ2) is 8.71. The molecule has 1 heterocycles. The zero-order valence-electron chi connectivity index (χ0n) is 13.1. The number of hydrogen-bond donors (Lipinski definition) is 2. The Bertz CT molecular complexity index is 580. The summed E-state index contributed by atoms with van der Waals surface area (Å²) < 4.78 is 7.37. The number of rotatable bonds is 7. The number of nitrogens with one attached hydrogen (secondary N) is 2. The zero-order chi connectivity index (χ0) is 15.6. The van der Waals surface area contributed by atoms with E-state index >= 15 is 0 Å². The Kier molecular flexibility index (Phi) is 6.29. The number of benzene rings is 1. The third-order valence-corrected chi connectivity index (χ3v) is 3.17. The van der Waals surface area contributed by atoms with Crippen LogP contribution in [0.3, 0.4) is 0 Å². The van der Waals surface area contributed by atoms with E-state index in [-0.39, 0.29) is 0 Å². The van der Waals surface area contributed by atoms with Crippen molar-refractivity contribution in [1.82, 2.24) is 20.2 Å². The van der Waals surface area contributed by atoms with Crippen LogP contribution in [0.5, 0.6) is 5.75 Å². The van der Waals surface area contributed by atoms with Crippen LogP contribution >= 0.6 is 0 Å². The summed E-state index contributed by atoms with van der Waals surface area (Å²) in [6.07, 6.45) is 5.53. The van der Waals surface area contributed by atoms with Gasteiger partial charge in [0.1, 0.15) is 5.75 Å². The molecule has 6 heteroatoms. The van der Waals surface area contributed by atoms with Crippen molar-refractivity contribution in [3.8, 4) is 5.75 Å². The molecule has 118 valence electrons. The minimum atomic E-state index is 0.574. The quantitative estimate of drug-likeness (QED) is 0.603. The Labute approximate surface area is 131 Å². The first kappa shape index (κ1) is 15.9. The Morgan fingerprint density at radius 1 is 1.32 bits per heavy atom. The summed E-state index contributed by atoms with van der Waals surface area (Å²) in [6, 6.07) is 7.93. The highest BCUT2D eigenvalue weighted by Gasteiger charge is 2.02. The van der Waals surface area contributed by atoms with Crippen molar-refractivity contribution in [2.75, 3.05) is 20.2 Å². The van der Waals surface area contributed by atoms with Crippen LogP contribution < -0.4 is 15.4 Å². The fourth-order valence-electron chi connectivity index (χ4n) is 2.06. The summed E-state index contributed by atoms with van der Waals surface area (Å²) >= 11 is 0. The van der Waals surface area contributed by atoms with Crippen molar-refractivity contribution in [3.63, 3.8) is 0 Å². The summed E-state index contributed by atoms with van der Waals surface area (Å²) in [4.78, 5) is 8.63. The molecule has 22 heavy (non-hydrogen) atoms. The van der Waals surface area contributed by atoms with Crippen molar-refractivity contribution in [3.05, 3.63) is 48.5 Å². The highest BCUT2D eigenvalue weighted by atomic mass is 16.5. The molecule has 0 saturated carbocycles. The minimum absolute atomic E-state index is 0.574. The highest BCUT2D eigenvalue weighted by Crippen LogP contribution is 2.17. The first-order valence-electron chi connectivity index (χ1n) is 7.43. The number of ether oxygens (including phenoxy) is 1. The van der Waals surface area contributed by atoms with Crippen LogP contribution in [0.25, 0.3) is 0 Å². The van der Waals surface area contributed by atoms with Crippen molar-refractivity contribution in [1.29, 1.82) is 0 Å². The van der Waals surface area contributed by atoms with Crippen LogP contribution in [0.2, 0.25) is 0 Å². The summed E-state index contributed by atoms with van der Waals surface area (Å²) in [7, 11) is 1.68. The smallest absolute Gasteiger partial charge is 0.191 e. The van der Waals surface area contributed by atoms with E-state index in [9.17, 15) is 0 Å². The average molecular weight is 301 g/mol. The van der Waals surface area contributed by atoms with Crippen LogP contribution in [0.4, 0.5) is 0 Å². The minimum Gasteiger partial charge on any atom is -0.496 e. The standard InChI is InChI=1S/C16H23N5O/c1-3-18-16(19-9-11-21-10-8-17-13-21)20-12-14-6-4-5-7-15(14)22-2/h4-8,10,13H,3,9,11-12H2,1-2H3,(H2,18,19,20). The lowest BCUT2D eigenvalue weighted by molar-refractivity contribution is 0.410. The number of para-hydroxylation sites is 1. The normalized spacial score (nSPS) is 11.3. The Morgan fingerprint density at radius 3 is 2.91 bits per heavy atom. The van der Waals surface area contributed by atoms with Gasteiger partial charge < -0.3 is 19.9 Å². The molecule has 0 radical (unpaired) electrons. The summed E-state index contributed by atoms with van der Waals surface area (Å²) in [5.74, 6) is 1.66. The molecule has 2 rings (SSSR count). The largest absolute Gasteiger partial charge is 0.496 e. The monoisotopic (exact) mass is 301 g/mol. The van der Waals surface area contributed by atoms with E-state index in [1.165, 1.54) is 0 Å². The molecule has 2 N–H and O–H groups in total. The van der Waals surface area contributed by atoms with E-state index in [2.05, 4.69) is 27.5 Å². The molecule has 1 aromatic carbocycles. The molecule has 0 aliphatic heterocycles. The van der Waals surface area contributed by atoms with E-state index in [1.807, 2.05) is 35.0 Å². The summed E-state index contributed by atoms with van der Waals surface area (Å²) in [5, 5.41) is 6.56. The van der Waals surface area contributed by atoms with Gasteiger partial charge in [-0.15, -0.1) is 0 Å². The van der Waals surface area contributed by atoms with Gasteiger partial charge in [0.05, 0.1) is 20.0 Å². The number of hydrogen-bond acceptors (Lipinski definition) is 3. The Balaban J connectivity index is 1.91. The van der Waals surface area contributed by atoms with Crippen LogP contribution in [0, 0.1) is 0 Å². The SMILES string of the molecule is CCNC(=NCc1ccccc1OC)NCCn1ccnc1. The van der Waals surface area contributed by atoms with Gasteiger partial charge in [0.2, 0.25) is 0 Å². The molecule has 0 spiro atoms. The van der Waals surface area contributed by atoms with Gasteiger partial charge in [-0.3, -0.25) is 0 Å². The van der Waals surface area contributed by atoms with Crippen molar-refractivity contribution in [2.24, 2.45) is 4.99 Å². The third-order valence-electron chi connectivity index (χ3n) is 3.17. The molecule has 0 bridgehead atoms. The molecule has 0 atom stereocenters. The summed E-state index contributed by atoms with van der Waals surface area (Å²) in [6.45, 7) is 5.08. The number of guanidine groups is 1. The molecular formula is C16H23N5O. The lowest BCUT2D eigenvalue weighted by atomic mass is 10.2. The Morgan fingerprint density at radius 2 is 2.18 bits per heavy atom. The van der Waals surface area contributed by atoms with Crippen molar-refractivity contribution < 1.29 is 4.74 Å². The van der Waals surface area contributed by atoms with Gasteiger partial charge in [-0.1, -0.05) is 18.2 Å². The molecule has 0 fully saturated rings. The second-order valence-electron chi connectivity index (χ2n) is 4.73. The Hall–Kier alpha value is -2.50. The van der Waals surface area contributed by atoms with Crippen molar-refractivity contribution in [2.45, 2.75) is 20.0 Å². The molecule has 1 aromatic heterocycles. The van der Waals surface area contributed by atoms with E-state index in [4.69, 9.17) is 4.74 Å². The van der Waals surface area contributed by atoms with Crippen LogP contribution in [0.1, 0.15) is 12.5 Å². The molecule has 0 unspecified atom stereocenters. The van der Waals surface area contributed by atoms with E-state index in [0.29, 0.717) is 6.54 Å². The van der Waals surface area contributed by atoms with E-state index in [0.717, 1.165) is 36.9 Å². The van der Waals surface area contributed by atoms with Gasteiger partial charge in [0, 0.05) is 37.6 Å². The molecule has 6 nitrogen and oxygen atoms in total. The molecule has 0 saturated heterocycles. The average Bonchev–Trinajstić information content (AvgIpc) is 3.06. The van der Waals surface area contributed by atoms with Gasteiger partial charge in [-0.05, 0) is 13.0 Å². The lowest BCUT2D eigenvalue weighted by Crippen LogP contribution is -2.38. The first-order chi connectivity index (χ1) is 10.8. The molecule has 0 amide bonds. The highest BCUT2D eigenvalue weighted by molar-refractivity contribution is 5.79. The van der Waals surface area contributed by atoms with Gasteiger partial charge >= 0.3 is 0 Å². The zero-order valence-corrected chi connectivity index (χ0v) is 13.1. The number of aliphatic imine (C=N–C) groups is 1. The number of aromatic nitrogens is 2. The molecule has 2 aromatic rings. The number of imidazole rings is 1. The van der Waals surface area contributed by atoms with Gasteiger partial charge in [0.25, 0.3) is 0 Å². The van der Waals surface area contributed by atoms with Crippen LogP contribution in [-0.4, -0.2) is 35.7 Å². The van der Waals surface area contributed by atoms with Crippen LogP contribution in [-0.2, 0) is 13.1 Å². The van der Waals surface area contributed by atoms with Gasteiger partial charge in [0.15, 0.2) is 5.96 Å². The predicted octanol–water partition coefficient (Wildman–Crippen LogP) is 1.65. The summed E-state index contributed by atoms with van der Waals surface area (Å²) in [5.41, 5.74) is 1.07. The van der Waals surface area contributed by atoms with E-state index in [1.54, 1.807) is 19.6 Å². The molecule has 0 aliphatic carbocycles. The lowest BCUT2D eigenvalue weighted by Gasteiger charge is -2.12. The maximum Gasteiger partial charge on any atom is 0.191 e. The number of nitrogens with zero attached hydrogens (tertiary/aromatic N) is 3. The predicted molar refractivity (Wildman–Crippen MR) is 88.0 cm³/mol. The molecular weight excluding hydrogens is 278 g/mol. The van der Waals surface area contributed by atoms with Gasteiger partial charge in [-0.2, -0.15) is 0 Å². The fraction of sp³-hybridized carbons (Fsp3) is 0.375. The second-order valence-corrected chi connectivity index (χ2v) is 4.73. The maximum atomic E-state index is 5.35. The third kappa shape index (κ3) is 4.80. The van der Waals surface area contributed by atoms with Gasteiger partial charge in [-0.25, -0.2) is 9.98 Å². The number of methoxy groups -OCH3 is 1. The van der Waals surface area contributed by atoms with Crippen molar-refractivity contribution >= 4 is 5.96 Å². The fourth-order valence-corrected chi connectivity index (χ4v) is 2.06. The topological polar surface area (TPSA) is 63.5 Å². The first-order valence-corrected chi connectivity index (χ1v) is 7.43. The maximum absolute atomic E-state index is 5.35. The van der Waals surface area contributed by atoms with Crippen LogP contribution in [0.15, 0.2) is 48.0 Å².